The summed E-state index contributed by atoms with van der Waals surface area (Å²) in [6.45, 7) is 5.91. The van der Waals surface area contributed by atoms with E-state index in [1.165, 1.54) is 0 Å². The highest BCUT2D eigenvalue weighted by Crippen LogP contribution is 2.14. The Labute approximate surface area is 100 Å². The fourth-order valence-electron chi connectivity index (χ4n) is 1.71. The molecule has 1 aromatic carbocycles. The summed E-state index contributed by atoms with van der Waals surface area (Å²) < 4.78 is 1.64. The Kier molecular flexibility index (Phi) is 3.19. The predicted molar refractivity (Wildman–Crippen MR) is 68.9 cm³/mol. The van der Waals surface area contributed by atoms with E-state index in [4.69, 9.17) is 0 Å². The Morgan fingerprint density at radius 3 is 2.71 bits per heavy atom. The summed E-state index contributed by atoms with van der Waals surface area (Å²) >= 11 is 0. The highest BCUT2D eigenvalue weighted by atomic mass is 16.1. The number of nitrogens with zero attached hydrogens (tertiary/aromatic N) is 2. The van der Waals surface area contributed by atoms with Crippen molar-refractivity contribution < 1.29 is 0 Å². The van der Waals surface area contributed by atoms with Crippen LogP contribution in [0.1, 0.15) is 5.56 Å². The Morgan fingerprint density at radius 2 is 2.06 bits per heavy atom. The van der Waals surface area contributed by atoms with Gasteiger partial charge in [0.2, 0.25) is 0 Å². The molecule has 0 unspecified atom stereocenters. The van der Waals surface area contributed by atoms with Gasteiger partial charge < -0.3 is 0 Å². The van der Waals surface area contributed by atoms with Crippen LogP contribution in [-0.4, -0.2) is 9.55 Å². The first kappa shape index (κ1) is 11.3. The molecular formula is C14H14N2O. The van der Waals surface area contributed by atoms with Gasteiger partial charge in [0, 0.05) is 23.9 Å². The van der Waals surface area contributed by atoms with Gasteiger partial charge in [0.05, 0.1) is 0 Å². The van der Waals surface area contributed by atoms with Crippen LogP contribution < -0.4 is 5.56 Å². The van der Waals surface area contributed by atoms with Gasteiger partial charge in [-0.05, 0) is 6.92 Å². The zero-order valence-electron chi connectivity index (χ0n) is 9.76. The van der Waals surface area contributed by atoms with Crippen molar-refractivity contribution in [3.63, 3.8) is 0 Å². The smallest absolute Gasteiger partial charge is 0.256 e. The van der Waals surface area contributed by atoms with Crippen LogP contribution >= 0.6 is 0 Å². The number of aryl methyl sites for hydroxylation is 1. The van der Waals surface area contributed by atoms with Crippen LogP contribution in [0.25, 0.3) is 11.4 Å². The second-order valence-electron chi connectivity index (χ2n) is 3.84. The van der Waals surface area contributed by atoms with Crippen LogP contribution in [0.3, 0.4) is 0 Å². The average Bonchev–Trinajstić information content (AvgIpc) is 2.36. The molecule has 0 radical (unpaired) electrons. The lowest BCUT2D eigenvalue weighted by Crippen LogP contribution is -2.24. The Morgan fingerprint density at radius 1 is 1.35 bits per heavy atom. The molecule has 0 spiro atoms. The molecule has 0 aliphatic carbocycles. The van der Waals surface area contributed by atoms with Crippen LogP contribution in [0.5, 0.6) is 0 Å². The number of allylic oxidation sites excluding steroid dienone is 1. The van der Waals surface area contributed by atoms with Gasteiger partial charge in [-0.2, -0.15) is 0 Å². The summed E-state index contributed by atoms with van der Waals surface area (Å²) in [6, 6.07) is 9.68. The van der Waals surface area contributed by atoms with E-state index in [1.807, 2.05) is 30.3 Å². The maximum Gasteiger partial charge on any atom is 0.256 e. The summed E-state index contributed by atoms with van der Waals surface area (Å²) in [5, 5.41) is 0. The molecule has 0 atom stereocenters. The molecule has 0 N–H and O–H groups in total. The first-order valence-electron chi connectivity index (χ1n) is 5.47. The Bertz CT molecular complexity index is 585. The number of aromatic nitrogens is 2. The van der Waals surface area contributed by atoms with Crippen molar-refractivity contribution in [1.82, 2.24) is 9.55 Å². The van der Waals surface area contributed by atoms with Crippen LogP contribution in [0.15, 0.2) is 54.0 Å². The fourth-order valence-corrected chi connectivity index (χ4v) is 1.71. The third kappa shape index (κ3) is 2.18. The van der Waals surface area contributed by atoms with E-state index in [1.54, 1.807) is 23.8 Å². The second-order valence-corrected chi connectivity index (χ2v) is 3.84. The third-order valence-electron chi connectivity index (χ3n) is 2.56. The van der Waals surface area contributed by atoms with Gasteiger partial charge in [-0.25, -0.2) is 4.98 Å². The number of rotatable bonds is 3. The molecule has 0 aliphatic rings. The largest absolute Gasteiger partial charge is 0.289 e. The van der Waals surface area contributed by atoms with Gasteiger partial charge in [0.1, 0.15) is 5.82 Å². The van der Waals surface area contributed by atoms with E-state index < -0.39 is 0 Å². The van der Waals surface area contributed by atoms with Crippen molar-refractivity contribution >= 4 is 0 Å². The lowest BCUT2D eigenvalue weighted by Gasteiger charge is -2.10. The molecule has 0 bridgehead atoms. The van der Waals surface area contributed by atoms with Crippen molar-refractivity contribution in [2.45, 2.75) is 13.5 Å². The standard InChI is InChI=1S/C14H14N2O/c1-3-9-16-13(12-7-5-4-6-8-12)15-10-11(2)14(16)17/h3-8,10H,1,9H2,2H3. The fraction of sp³-hybridized carbons (Fsp3) is 0.143. The van der Waals surface area contributed by atoms with Gasteiger partial charge in [-0.1, -0.05) is 36.4 Å². The van der Waals surface area contributed by atoms with Crippen molar-refractivity contribution in [2.24, 2.45) is 0 Å². The second kappa shape index (κ2) is 4.78. The molecule has 3 nitrogen and oxygen atoms in total. The summed E-state index contributed by atoms with van der Waals surface area (Å²) in [4.78, 5) is 16.4. The molecule has 1 heterocycles. The maximum atomic E-state index is 12.0. The van der Waals surface area contributed by atoms with E-state index in [2.05, 4.69) is 11.6 Å². The SMILES string of the molecule is C=CCn1c(-c2ccccc2)ncc(C)c1=O. The first-order valence-corrected chi connectivity index (χ1v) is 5.47. The highest BCUT2D eigenvalue weighted by molar-refractivity contribution is 5.55. The molecule has 3 heteroatoms. The highest BCUT2D eigenvalue weighted by Gasteiger charge is 2.08. The molecule has 2 aromatic rings. The van der Waals surface area contributed by atoms with Crippen LogP contribution in [0.4, 0.5) is 0 Å². The first-order chi connectivity index (χ1) is 8.24. The van der Waals surface area contributed by atoms with Crippen molar-refractivity contribution in [3.8, 4) is 11.4 Å². The van der Waals surface area contributed by atoms with Gasteiger partial charge in [0.15, 0.2) is 0 Å². The van der Waals surface area contributed by atoms with Crippen LogP contribution in [0, 0.1) is 6.92 Å². The monoisotopic (exact) mass is 226 g/mol. The summed E-state index contributed by atoms with van der Waals surface area (Å²) in [5.74, 6) is 0.682. The molecule has 2 rings (SSSR count). The van der Waals surface area contributed by atoms with Gasteiger partial charge in [0.25, 0.3) is 5.56 Å². The lowest BCUT2D eigenvalue weighted by atomic mass is 10.2. The lowest BCUT2D eigenvalue weighted by molar-refractivity contribution is 0.757. The molecule has 0 saturated carbocycles. The summed E-state index contributed by atoms with van der Waals surface area (Å²) in [7, 11) is 0. The number of hydrogen-bond donors (Lipinski definition) is 0. The molecule has 0 aliphatic heterocycles. The minimum atomic E-state index is -0.0150. The van der Waals surface area contributed by atoms with Crippen LogP contribution in [0.2, 0.25) is 0 Å². The molecule has 1 aromatic heterocycles. The molecule has 0 fully saturated rings. The van der Waals surface area contributed by atoms with Crippen LogP contribution in [-0.2, 0) is 6.54 Å². The minimum absolute atomic E-state index is 0.0150. The maximum absolute atomic E-state index is 12.0. The molecule has 0 saturated heterocycles. The zero-order valence-corrected chi connectivity index (χ0v) is 9.76. The van der Waals surface area contributed by atoms with Gasteiger partial charge in [-0.3, -0.25) is 9.36 Å². The molecule has 86 valence electrons. The quantitative estimate of drug-likeness (QED) is 0.753. The topological polar surface area (TPSA) is 34.9 Å². The number of benzene rings is 1. The van der Waals surface area contributed by atoms with Gasteiger partial charge in [-0.15, -0.1) is 6.58 Å². The van der Waals surface area contributed by atoms with Gasteiger partial charge >= 0.3 is 0 Å². The predicted octanol–water partition coefficient (Wildman–Crippen LogP) is 2.40. The molecular weight excluding hydrogens is 212 g/mol. The van der Waals surface area contributed by atoms with E-state index in [-0.39, 0.29) is 5.56 Å². The molecule has 0 amide bonds. The average molecular weight is 226 g/mol. The van der Waals surface area contributed by atoms with E-state index in [0.29, 0.717) is 17.9 Å². The van der Waals surface area contributed by atoms with Crippen molar-refractivity contribution in [3.05, 3.63) is 65.1 Å². The normalized spacial score (nSPS) is 10.2. The minimum Gasteiger partial charge on any atom is -0.289 e. The summed E-state index contributed by atoms with van der Waals surface area (Å²) in [6.07, 6.45) is 3.32. The van der Waals surface area contributed by atoms with Crippen molar-refractivity contribution in [1.29, 1.82) is 0 Å². The molecule has 17 heavy (non-hydrogen) atoms. The van der Waals surface area contributed by atoms with E-state index in [9.17, 15) is 4.79 Å². The van der Waals surface area contributed by atoms with E-state index >= 15 is 0 Å². The summed E-state index contributed by atoms with van der Waals surface area (Å²) in [5.41, 5.74) is 1.57. The third-order valence-corrected chi connectivity index (χ3v) is 2.56. The Hall–Kier alpha value is -2.16. The zero-order chi connectivity index (χ0) is 12.3. The number of hydrogen-bond acceptors (Lipinski definition) is 2. The van der Waals surface area contributed by atoms with Crippen molar-refractivity contribution in [2.75, 3.05) is 0 Å². The Balaban J connectivity index is 2.66. The van der Waals surface area contributed by atoms with E-state index in [0.717, 1.165) is 5.56 Å².